The van der Waals surface area contributed by atoms with Gasteiger partial charge >= 0.3 is 0 Å². The normalized spacial score (nSPS) is 28.9. The second-order valence-corrected chi connectivity index (χ2v) is 5.25. The minimum atomic E-state index is 0.445. The average molecular weight is 222 g/mol. The lowest BCUT2D eigenvalue weighted by Crippen LogP contribution is -2.37. The van der Waals surface area contributed by atoms with Crippen LogP contribution in [0.1, 0.15) is 25.7 Å². The highest BCUT2D eigenvalue weighted by molar-refractivity contribution is 5.80. The Morgan fingerprint density at radius 2 is 2.31 bits per heavy atom. The predicted molar refractivity (Wildman–Crippen MR) is 65.2 cm³/mol. The fourth-order valence-corrected chi connectivity index (χ4v) is 2.77. The first-order valence-corrected chi connectivity index (χ1v) is 6.27. The van der Waals surface area contributed by atoms with E-state index in [1.165, 1.54) is 6.42 Å². The molecule has 0 amide bonds. The van der Waals surface area contributed by atoms with Crippen molar-refractivity contribution in [2.45, 2.75) is 31.7 Å². The van der Waals surface area contributed by atoms with Gasteiger partial charge in [-0.15, -0.1) is 0 Å². The SMILES string of the molecule is CN(C)CCCN1C=CC2CC(=O)CCC21. The number of fused-ring (bicyclic) bond motifs is 1. The van der Waals surface area contributed by atoms with E-state index < -0.39 is 0 Å². The Labute approximate surface area is 98.1 Å². The molecule has 1 aliphatic heterocycles. The Kier molecular flexibility index (Phi) is 3.64. The number of rotatable bonds is 4. The predicted octanol–water partition coefficient (Wildman–Crippen LogP) is 1.51. The molecule has 2 aliphatic rings. The van der Waals surface area contributed by atoms with Gasteiger partial charge in [0, 0.05) is 31.3 Å². The first-order valence-electron chi connectivity index (χ1n) is 6.27. The van der Waals surface area contributed by atoms with Crippen LogP contribution in [0.3, 0.4) is 0 Å². The monoisotopic (exact) mass is 222 g/mol. The van der Waals surface area contributed by atoms with E-state index in [4.69, 9.17) is 0 Å². The number of hydrogen-bond acceptors (Lipinski definition) is 3. The van der Waals surface area contributed by atoms with Gasteiger partial charge in [0.05, 0.1) is 0 Å². The minimum absolute atomic E-state index is 0.445. The van der Waals surface area contributed by atoms with Crippen LogP contribution in [0.2, 0.25) is 0 Å². The first-order chi connectivity index (χ1) is 7.66. The summed E-state index contributed by atoms with van der Waals surface area (Å²) in [6.07, 6.45) is 8.26. The van der Waals surface area contributed by atoms with Crippen LogP contribution in [-0.2, 0) is 4.79 Å². The van der Waals surface area contributed by atoms with Gasteiger partial charge in [0.25, 0.3) is 0 Å². The molecule has 1 fully saturated rings. The number of carbonyl (C=O) groups excluding carboxylic acids is 1. The van der Waals surface area contributed by atoms with Crippen molar-refractivity contribution in [1.82, 2.24) is 9.80 Å². The Balaban J connectivity index is 1.80. The molecule has 0 aromatic rings. The van der Waals surface area contributed by atoms with E-state index in [0.717, 1.165) is 32.4 Å². The van der Waals surface area contributed by atoms with Crippen LogP contribution in [-0.4, -0.2) is 48.8 Å². The van der Waals surface area contributed by atoms with Crippen molar-refractivity contribution in [2.75, 3.05) is 27.2 Å². The number of nitrogens with zero attached hydrogens (tertiary/aromatic N) is 2. The van der Waals surface area contributed by atoms with Crippen LogP contribution < -0.4 is 0 Å². The molecule has 0 radical (unpaired) electrons. The molecule has 90 valence electrons. The van der Waals surface area contributed by atoms with Gasteiger partial charge in [-0.1, -0.05) is 6.08 Å². The van der Waals surface area contributed by atoms with Crippen LogP contribution in [0.4, 0.5) is 0 Å². The highest BCUT2D eigenvalue weighted by Gasteiger charge is 2.33. The van der Waals surface area contributed by atoms with Crippen molar-refractivity contribution >= 4 is 5.78 Å². The number of carbonyl (C=O) groups is 1. The number of ketones is 1. The molecule has 1 aliphatic carbocycles. The molecule has 0 aromatic heterocycles. The van der Waals surface area contributed by atoms with Crippen LogP contribution in [0.25, 0.3) is 0 Å². The molecule has 16 heavy (non-hydrogen) atoms. The molecule has 2 rings (SSSR count). The molecule has 1 saturated carbocycles. The molecule has 0 spiro atoms. The van der Waals surface area contributed by atoms with E-state index in [2.05, 4.69) is 36.2 Å². The summed E-state index contributed by atoms with van der Waals surface area (Å²) in [5.74, 6) is 0.946. The molecule has 3 heteroatoms. The molecule has 2 atom stereocenters. The van der Waals surface area contributed by atoms with E-state index >= 15 is 0 Å². The summed E-state index contributed by atoms with van der Waals surface area (Å²) in [4.78, 5) is 16.0. The molecule has 1 heterocycles. The summed E-state index contributed by atoms with van der Waals surface area (Å²) in [5.41, 5.74) is 0. The number of Topliss-reactive ketones (excluding diaryl/α,β-unsaturated/α-hetero) is 1. The van der Waals surface area contributed by atoms with Gasteiger partial charge < -0.3 is 9.80 Å². The zero-order chi connectivity index (χ0) is 11.5. The van der Waals surface area contributed by atoms with Crippen molar-refractivity contribution in [3.8, 4) is 0 Å². The maximum absolute atomic E-state index is 11.4. The maximum Gasteiger partial charge on any atom is 0.133 e. The van der Waals surface area contributed by atoms with Crippen molar-refractivity contribution in [3.63, 3.8) is 0 Å². The fraction of sp³-hybridized carbons (Fsp3) is 0.769. The lowest BCUT2D eigenvalue weighted by molar-refractivity contribution is -0.121. The first kappa shape index (κ1) is 11.6. The lowest BCUT2D eigenvalue weighted by Gasteiger charge is -2.32. The van der Waals surface area contributed by atoms with Crippen molar-refractivity contribution in [3.05, 3.63) is 12.3 Å². The highest BCUT2D eigenvalue weighted by atomic mass is 16.1. The van der Waals surface area contributed by atoms with Crippen molar-refractivity contribution < 1.29 is 4.79 Å². The second kappa shape index (κ2) is 5.00. The molecule has 0 N–H and O–H groups in total. The number of hydrogen-bond donors (Lipinski definition) is 0. The van der Waals surface area contributed by atoms with Crippen molar-refractivity contribution in [2.24, 2.45) is 5.92 Å². The van der Waals surface area contributed by atoms with Gasteiger partial charge in [0.1, 0.15) is 5.78 Å². The molecule has 0 saturated heterocycles. The summed E-state index contributed by atoms with van der Waals surface area (Å²) < 4.78 is 0. The van der Waals surface area contributed by atoms with E-state index in [-0.39, 0.29) is 0 Å². The largest absolute Gasteiger partial charge is 0.374 e. The fourth-order valence-electron chi connectivity index (χ4n) is 2.77. The topological polar surface area (TPSA) is 23.6 Å². The van der Waals surface area contributed by atoms with Gasteiger partial charge in [-0.25, -0.2) is 0 Å². The molecular formula is C13H22N2O. The van der Waals surface area contributed by atoms with Gasteiger partial charge in [0.2, 0.25) is 0 Å². The van der Waals surface area contributed by atoms with Crippen LogP contribution in [0.5, 0.6) is 0 Å². The summed E-state index contributed by atoms with van der Waals surface area (Å²) in [5, 5.41) is 0. The smallest absolute Gasteiger partial charge is 0.133 e. The molecule has 2 unspecified atom stereocenters. The van der Waals surface area contributed by atoms with E-state index in [9.17, 15) is 4.79 Å². The van der Waals surface area contributed by atoms with Crippen LogP contribution in [0.15, 0.2) is 12.3 Å². The Morgan fingerprint density at radius 1 is 1.50 bits per heavy atom. The Hall–Kier alpha value is -0.830. The molecule has 0 aromatic carbocycles. The highest BCUT2D eigenvalue weighted by Crippen LogP contribution is 2.32. The van der Waals surface area contributed by atoms with Crippen LogP contribution in [0, 0.1) is 5.92 Å². The third-order valence-electron chi connectivity index (χ3n) is 3.65. The summed E-state index contributed by atoms with van der Waals surface area (Å²) in [7, 11) is 4.23. The average Bonchev–Trinajstić information content (AvgIpc) is 2.60. The van der Waals surface area contributed by atoms with Gasteiger partial charge in [0.15, 0.2) is 0 Å². The van der Waals surface area contributed by atoms with Gasteiger partial charge in [-0.3, -0.25) is 4.79 Å². The third kappa shape index (κ3) is 2.64. The lowest BCUT2D eigenvalue weighted by atomic mass is 9.85. The standard InChI is InChI=1S/C13H22N2O/c1-14(2)7-3-8-15-9-6-11-10-12(16)4-5-13(11)15/h6,9,11,13H,3-5,7-8,10H2,1-2H3. The quantitative estimate of drug-likeness (QED) is 0.720. The van der Waals surface area contributed by atoms with Gasteiger partial charge in [-0.05, 0) is 39.7 Å². The van der Waals surface area contributed by atoms with E-state index in [0.29, 0.717) is 17.7 Å². The van der Waals surface area contributed by atoms with E-state index in [1.54, 1.807) is 0 Å². The Morgan fingerprint density at radius 3 is 3.06 bits per heavy atom. The Bertz CT molecular complexity index is 286. The maximum atomic E-state index is 11.4. The third-order valence-corrected chi connectivity index (χ3v) is 3.65. The summed E-state index contributed by atoms with van der Waals surface area (Å²) in [6, 6.07) is 0.611. The zero-order valence-electron chi connectivity index (χ0n) is 10.4. The van der Waals surface area contributed by atoms with Crippen molar-refractivity contribution in [1.29, 1.82) is 0 Å². The molecule has 0 bridgehead atoms. The summed E-state index contributed by atoms with van der Waals surface area (Å²) in [6.45, 7) is 2.27. The zero-order valence-corrected chi connectivity index (χ0v) is 10.4. The van der Waals surface area contributed by atoms with E-state index in [1.807, 2.05) is 0 Å². The summed E-state index contributed by atoms with van der Waals surface area (Å²) >= 11 is 0. The minimum Gasteiger partial charge on any atom is -0.374 e. The molecular weight excluding hydrogens is 200 g/mol. The van der Waals surface area contributed by atoms with Gasteiger partial charge in [-0.2, -0.15) is 0 Å². The van der Waals surface area contributed by atoms with Crippen LogP contribution >= 0.6 is 0 Å². The molecule has 3 nitrogen and oxygen atoms in total. The second-order valence-electron chi connectivity index (χ2n) is 5.25.